The highest BCUT2D eigenvalue weighted by Crippen LogP contribution is 2.12. The third kappa shape index (κ3) is 7.09. The summed E-state index contributed by atoms with van der Waals surface area (Å²) in [6.45, 7) is 8.75. The minimum Gasteiger partial charge on any atom is -0.494 e. The molecule has 0 heterocycles. The van der Waals surface area contributed by atoms with E-state index >= 15 is 0 Å². The average molecular weight is 308 g/mol. The molecule has 1 rings (SSSR count). The van der Waals surface area contributed by atoms with Gasteiger partial charge in [0.05, 0.1) is 6.61 Å². The number of hydrogen-bond acceptors (Lipinski definition) is 3. The van der Waals surface area contributed by atoms with Gasteiger partial charge in [0.25, 0.3) is 5.91 Å². The molecule has 0 aliphatic rings. The summed E-state index contributed by atoms with van der Waals surface area (Å²) in [6, 6.07) is 7.06. The molecule has 1 aromatic carbocycles. The van der Waals surface area contributed by atoms with Crippen molar-refractivity contribution in [1.82, 2.24) is 10.6 Å². The first-order valence-electron chi connectivity index (χ1n) is 7.18. The van der Waals surface area contributed by atoms with Crippen molar-refractivity contribution in [3.05, 3.63) is 29.8 Å². The van der Waals surface area contributed by atoms with E-state index in [-0.39, 0.29) is 11.4 Å². The van der Waals surface area contributed by atoms with Crippen molar-refractivity contribution in [3.8, 4) is 5.75 Å². The van der Waals surface area contributed by atoms with E-state index in [9.17, 15) is 4.79 Å². The lowest BCUT2D eigenvalue weighted by molar-refractivity contribution is 0.0976. The van der Waals surface area contributed by atoms with Gasteiger partial charge in [-0.15, -0.1) is 0 Å². The SMILES string of the molecule is CCCCOc1ccc(C(=O)NC(=S)NC(C)(C)C)cc1. The average Bonchev–Trinajstić information content (AvgIpc) is 2.37. The van der Waals surface area contributed by atoms with Gasteiger partial charge in [-0.1, -0.05) is 13.3 Å². The van der Waals surface area contributed by atoms with E-state index in [0.717, 1.165) is 18.6 Å². The predicted octanol–water partition coefficient (Wildman–Crippen LogP) is 3.27. The normalized spacial score (nSPS) is 10.9. The zero-order valence-electron chi connectivity index (χ0n) is 13.2. The van der Waals surface area contributed by atoms with E-state index in [1.165, 1.54) is 0 Å². The van der Waals surface area contributed by atoms with Crippen LogP contribution in [-0.4, -0.2) is 23.2 Å². The number of carbonyl (C=O) groups is 1. The fourth-order valence-corrected chi connectivity index (χ4v) is 1.98. The van der Waals surface area contributed by atoms with Crippen molar-refractivity contribution >= 4 is 23.2 Å². The largest absolute Gasteiger partial charge is 0.494 e. The van der Waals surface area contributed by atoms with Crippen LogP contribution in [0.3, 0.4) is 0 Å². The number of benzene rings is 1. The minimum absolute atomic E-state index is 0.179. The van der Waals surface area contributed by atoms with Crippen molar-refractivity contribution in [2.24, 2.45) is 0 Å². The summed E-state index contributed by atoms with van der Waals surface area (Å²) in [5, 5.41) is 6.03. The molecule has 0 spiro atoms. The number of rotatable bonds is 5. The maximum atomic E-state index is 12.0. The van der Waals surface area contributed by atoms with Gasteiger partial charge in [-0.05, 0) is 63.7 Å². The number of hydrogen-bond donors (Lipinski definition) is 2. The Morgan fingerprint density at radius 3 is 2.38 bits per heavy atom. The van der Waals surface area contributed by atoms with Gasteiger partial charge in [0.15, 0.2) is 5.11 Å². The highest BCUT2D eigenvalue weighted by atomic mass is 32.1. The van der Waals surface area contributed by atoms with Crippen molar-refractivity contribution < 1.29 is 9.53 Å². The van der Waals surface area contributed by atoms with Gasteiger partial charge in [-0.3, -0.25) is 10.1 Å². The Bertz CT molecular complexity index is 478. The second-order valence-corrected chi connectivity index (χ2v) is 6.29. The summed E-state index contributed by atoms with van der Waals surface area (Å²) in [5.74, 6) is 0.548. The minimum atomic E-state index is -0.225. The Balaban J connectivity index is 2.53. The maximum Gasteiger partial charge on any atom is 0.257 e. The summed E-state index contributed by atoms with van der Waals surface area (Å²) in [7, 11) is 0. The van der Waals surface area contributed by atoms with Crippen LogP contribution < -0.4 is 15.4 Å². The van der Waals surface area contributed by atoms with Gasteiger partial charge in [0, 0.05) is 11.1 Å². The van der Waals surface area contributed by atoms with E-state index in [0.29, 0.717) is 17.3 Å². The standard InChI is InChI=1S/C16H24N2O2S/c1-5-6-11-20-13-9-7-12(8-10-13)14(19)17-15(21)18-16(2,3)4/h7-10H,5-6,11H2,1-4H3,(H2,17,18,19,21). The van der Waals surface area contributed by atoms with Crippen LogP contribution in [0.15, 0.2) is 24.3 Å². The van der Waals surface area contributed by atoms with Crippen LogP contribution in [0.1, 0.15) is 50.9 Å². The smallest absolute Gasteiger partial charge is 0.257 e. The van der Waals surface area contributed by atoms with Crippen LogP contribution in [0.4, 0.5) is 0 Å². The third-order valence-corrected chi connectivity index (χ3v) is 2.80. The van der Waals surface area contributed by atoms with Gasteiger partial charge >= 0.3 is 0 Å². The number of carbonyl (C=O) groups excluding carboxylic acids is 1. The van der Waals surface area contributed by atoms with E-state index < -0.39 is 0 Å². The van der Waals surface area contributed by atoms with Crippen LogP contribution in [0, 0.1) is 0 Å². The Hall–Kier alpha value is -1.62. The second-order valence-electron chi connectivity index (χ2n) is 5.88. The highest BCUT2D eigenvalue weighted by Gasteiger charge is 2.13. The molecule has 0 aliphatic heterocycles. The van der Waals surface area contributed by atoms with E-state index in [2.05, 4.69) is 17.6 Å². The molecule has 4 nitrogen and oxygen atoms in total. The van der Waals surface area contributed by atoms with E-state index in [1.54, 1.807) is 24.3 Å². The van der Waals surface area contributed by atoms with Crippen molar-refractivity contribution in [1.29, 1.82) is 0 Å². The zero-order valence-corrected chi connectivity index (χ0v) is 14.0. The first-order valence-corrected chi connectivity index (χ1v) is 7.59. The molecule has 0 bridgehead atoms. The number of thiocarbonyl (C=S) groups is 1. The monoisotopic (exact) mass is 308 g/mol. The van der Waals surface area contributed by atoms with Gasteiger partial charge in [0.2, 0.25) is 0 Å². The zero-order chi connectivity index (χ0) is 15.9. The van der Waals surface area contributed by atoms with Gasteiger partial charge in [-0.25, -0.2) is 0 Å². The third-order valence-electron chi connectivity index (χ3n) is 2.60. The summed E-state index contributed by atoms with van der Waals surface area (Å²) in [4.78, 5) is 12.0. The number of ether oxygens (including phenoxy) is 1. The Morgan fingerprint density at radius 2 is 1.86 bits per heavy atom. The second kappa shape index (κ2) is 7.98. The lowest BCUT2D eigenvalue weighted by atomic mass is 10.1. The number of nitrogens with one attached hydrogen (secondary N) is 2. The molecule has 1 aromatic rings. The van der Waals surface area contributed by atoms with Crippen LogP contribution in [0.5, 0.6) is 5.75 Å². The molecule has 0 aromatic heterocycles. The molecule has 0 saturated carbocycles. The summed E-state index contributed by atoms with van der Waals surface area (Å²) in [6.07, 6.45) is 2.12. The van der Waals surface area contributed by atoms with Crippen molar-refractivity contribution in [3.63, 3.8) is 0 Å². The lowest BCUT2D eigenvalue weighted by Crippen LogP contribution is -2.48. The molecule has 2 N–H and O–H groups in total. The number of unbranched alkanes of at least 4 members (excludes halogenated alkanes) is 1. The Kier molecular flexibility index (Phi) is 6.62. The van der Waals surface area contributed by atoms with E-state index in [1.807, 2.05) is 20.8 Å². The fourth-order valence-electron chi connectivity index (χ4n) is 1.58. The van der Waals surface area contributed by atoms with Gasteiger partial charge in [-0.2, -0.15) is 0 Å². The fraction of sp³-hybridized carbons (Fsp3) is 0.500. The molecule has 0 unspecified atom stereocenters. The van der Waals surface area contributed by atoms with Gasteiger partial charge < -0.3 is 10.1 Å². The predicted molar refractivity (Wildman–Crippen MR) is 89.8 cm³/mol. The first kappa shape index (κ1) is 17.4. The van der Waals surface area contributed by atoms with Crippen molar-refractivity contribution in [2.45, 2.75) is 46.1 Å². The molecule has 116 valence electrons. The Labute approximate surface area is 132 Å². The van der Waals surface area contributed by atoms with Crippen molar-refractivity contribution in [2.75, 3.05) is 6.61 Å². The molecular weight excluding hydrogens is 284 g/mol. The summed E-state index contributed by atoms with van der Waals surface area (Å²) in [5.41, 5.74) is 0.373. The molecule has 5 heteroatoms. The molecule has 0 radical (unpaired) electrons. The summed E-state index contributed by atoms with van der Waals surface area (Å²) >= 11 is 5.11. The molecule has 0 saturated heterocycles. The molecule has 21 heavy (non-hydrogen) atoms. The molecule has 1 amide bonds. The molecule has 0 atom stereocenters. The highest BCUT2D eigenvalue weighted by molar-refractivity contribution is 7.80. The lowest BCUT2D eigenvalue weighted by Gasteiger charge is -2.22. The van der Waals surface area contributed by atoms with E-state index in [4.69, 9.17) is 17.0 Å². The Morgan fingerprint density at radius 1 is 1.24 bits per heavy atom. The molecular formula is C16H24N2O2S. The first-order chi connectivity index (χ1) is 9.81. The quantitative estimate of drug-likeness (QED) is 0.647. The topological polar surface area (TPSA) is 50.4 Å². The van der Waals surface area contributed by atoms with Crippen LogP contribution in [-0.2, 0) is 0 Å². The molecule has 0 fully saturated rings. The molecule has 0 aliphatic carbocycles. The van der Waals surface area contributed by atoms with Gasteiger partial charge in [0.1, 0.15) is 5.75 Å². The number of amides is 1. The van der Waals surface area contributed by atoms with Crippen LogP contribution in [0.2, 0.25) is 0 Å². The maximum absolute atomic E-state index is 12.0. The van der Waals surface area contributed by atoms with Crippen LogP contribution in [0.25, 0.3) is 0 Å². The summed E-state index contributed by atoms with van der Waals surface area (Å²) < 4.78 is 5.56. The van der Waals surface area contributed by atoms with Crippen LogP contribution >= 0.6 is 12.2 Å².